The van der Waals surface area contributed by atoms with E-state index < -0.39 is 6.10 Å². The molecule has 0 spiro atoms. The van der Waals surface area contributed by atoms with Crippen molar-refractivity contribution in [3.05, 3.63) is 36.7 Å². The van der Waals surface area contributed by atoms with E-state index in [0.717, 1.165) is 5.82 Å². The van der Waals surface area contributed by atoms with Crippen molar-refractivity contribution in [1.29, 1.82) is 0 Å². The predicted molar refractivity (Wildman–Crippen MR) is 76.0 cm³/mol. The summed E-state index contributed by atoms with van der Waals surface area (Å²) in [7, 11) is 0. The van der Waals surface area contributed by atoms with Gasteiger partial charge in [0.25, 0.3) is 0 Å². The summed E-state index contributed by atoms with van der Waals surface area (Å²) in [6.07, 6.45) is 3.22. The highest BCUT2D eigenvalue weighted by Gasteiger charge is 2.07. The normalized spacial score (nSPS) is 12.6. The van der Waals surface area contributed by atoms with Gasteiger partial charge in [-0.05, 0) is 18.2 Å². The van der Waals surface area contributed by atoms with Crippen molar-refractivity contribution in [2.24, 2.45) is 0 Å². The number of rotatable bonds is 7. The lowest BCUT2D eigenvalue weighted by Crippen LogP contribution is -2.35. The molecule has 108 valence electrons. The first kappa shape index (κ1) is 14.5. The summed E-state index contributed by atoms with van der Waals surface area (Å²) < 4.78 is 7.26. The van der Waals surface area contributed by atoms with Gasteiger partial charge in [0.15, 0.2) is 5.82 Å². The molecule has 0 amide bonds. The summed E-state index contributed by atoms with van der Waals surface area (Å²) in [4.78, 5) is 0. The number of hydrogen-bond acceptors (Lipinski definition) is 5. The van der Waals surface area contributed by atoms with Crippen LogP contribution in [0.1, 0.15) is 13.8 Å². The second-order valence-electron chi connectivity index (χ2n) is 4.85. The third kappa shape index (κ3) is 4.32. The molecule has 0 aliphatic carbocycles. The summed E-state index contributed by atoms with van der Waals surface area (Å²) in [6.45, 7) is 4.74. The molecule has 0 saturated heterocycles. The van der Waals surface area contributed by atoms with Crippen LogP contribution in [0.2, 0.25) is 0 Å². The average molecular weight is 276 g/mol. The van der Waals surface area contributed by atoms with Crippen LogP contribution in [0.5, 0.6) is 5.88 Å². The molecule has 2 heterocycles. The molecular weight excluding hydrogens is 256 g/mol. The highest BCUT2D eigenvalue weighted by atomic mass is 16.5. The van der Waals surface area contributed by atoms with Gasteiger partial charge in [-0.1, -0.05) is 13.8 Å². The van der Waals surface area contributed by atoms with Gasteiger partial charge >= 0.3 is 0 Å². The van der Waals surface area contributed by atoms with Crippen LogP contribution in [0.3, 0.4) is 0 Å². The zero-order valence-corrected chi connectivity index (χ0v) is 11.7. The Morgan fingerprint density at radius 3 is 2.60 bits per heavy atom. The molecule has 20 heavy (non-hydrogen) atoms. The van der Waals surface area contributed by atoms with E-state index in [-0.39, 0.29) is 6.61 Å². The first-order valence-electron chi connectivity index (χ1n) is 6.66. The van der Waals surface area contributed by atoms with Gasteiger partial charge in [0.1, 0.15) is 12.7 Å². The zero-order chi connectivity index (χ0) is 14.4. The SMILES string of the molecule is CC(C)NCC(O)COc1ccc(-n2cccc2)nn1. The van der Waals surface area contributed by atoms with E-state index in [4.69, 9.17) is 4.74 Å². The van der Waals surface area contributed by atoms with Gasteiger partial charge in [0.2, 0.25) is 5.88 Å². The minimum absolute atomic E-state index is 0.192. The third-order valence-corrected chi connectivity index (χ3v) is 2.68. The maximum absolute atomic E-state index is 9.72. The molecule has 0 radical (unpaired) electrons. The molecule has 0 bridgehead atoms. The van der Waals surface area contributed by atoms with Gasteiger partial charge in [-0.2, -0.15) is 0 Å². The van der Waals surface area contributed by atoms with E-state index >= 15 is 0 Å². The summed E-state index contributed by atoms with van der Waals surface area (Å²) >= 11 is 0. The Hall–Kier alpha value is -1.92. The largest absolute Gasteiger partial charge is 0.474 e. The molecule has 0 fully saturated rings. The number of nitrogens with one attached hydrogen (secondary N) is 1. The summed E-state index contributed by atoms with van der Waals surface area (Å²) in [5.41, 5.74) is 0. The molecule has 0 aromatic carbocycles. The van der Waals surface area contributed by atoms with Gasteiger partial charge in [0.05, 0.1) is 0 Å². The number of hydrogen-bond donors (Lipinski definition) is 2. The van der Waals surface area contributed by atoms with Crippen molar-refractivity contribution in [3.8, 4) is 11.7 Å². The molecule has 1 atom stereocenters. The molecule has 0 aliphatic heterocycles. The van der Waals surface area contributed by atoms with Crippen molar-refractivity contribution >= 4 is 0 Å². The van der Waals surface area contributed by atoms with E-state index in [1.807, 2.05) is 49.0 Å². The van der Waals surface area contributed by atoms with Gasteiger partial charge in [-0.3, -0.25) is 0 Å². The van der Waals surface area contributed by atoms with Crippen molar-refractivity contribution in [3.63, 3.8) is 0 Å². The van der Waals surface area contributed by atoms with Crippen molar-refractivity contribution in [2.75, 3.05) is 13.2 Å². The van der Waals surface area contributed by atoms with Crippen LogP contribution >= 0.6 is 0 Å². The van der Waals surface area contributed by atoms with Gasteiger partial charge in [-0.15, -0.1) is 10.2 Å². The highest BCUT2D eigenvalue weighted by Crippen LogP contribution is 2.08. The smallest absolute Gasteiger partial charge is 0.233 e. The summed E-state index contributed by atoms with van der Waals surface area (Å²) in [5, 5.41) is 20.9. The van der Waals surface area contributed by atoms with Crippen molar-refractivity contribution < 1.29 is 9.84 Å². The van der Waals surface area contributed by atoms with E-state index in [1.165, 1.54) is 0 Å². The Labute approximate surface area is 118 Å². The topological polar surface area (TPSA) is 72.2 Å². The lowest BCUT2D eigenvalue weighted by Gasteiger charge is -2.14. The number of aliphatic hydroxyl groups is 1. The van der Waals surface area contributed by atoms with Gasteiger partial charge in [0, 0.05) is 31.0 Å². The first-order valence-corrected chi connectivity index (χ1v) is 6.66. The molecule has 6 nitrogen and oxygen atoms in total. The van der Waals surface area contributed by atoms with Crippen LogP contribution < -0.4 is 10.1 Å². The minimum atomic E-state index is -0.566. The molecule has 1 unspecified atom stereocenters. The van der Waals surface area contributed by atoms with Crippen LogP contribution in [-0.2, 0) is 0 Å². The molecular formula is C14H20N4O2. The van der Waals surface area contributed by atoms with Crippen molar-refractivity contribution in [2.45, 2.75) is 26.0 Å². The number of nitrogens with zero attached hydrogens (tertiary/aromatic N) is 3. The van der Waals surface area contributed by atoms with Crippen LogP contribution in [0.25, 0.3) is 5.82 Å². The fourth-order valence-corrected chi connectivity index (χ4v) is 1.63. The lowest BCUT2D eigenvalue weighted by atomic mass is 10.3. The molecule has 0 saturated carbocycles. The molecule has 2 N–H and O–H groups in total. The fraction of sp³-hybridized carbons (Fsp3) is 0.429. The highest BCUT2D eigenvalue weighted by molar-refractivity contribution is 5.24. The Morgan fingerprint density at radius 1 is 1.25 bits per heavy atom. The predicted octanol–water partition coefficient (Wildman–Crippen LogP) is 1.00. The Kier molecular flexibility index (Phi) is 5.09. The van der Waals surface area contributed by atoms with Crippen LogP contribution in [-0.4, -0.2) is 45.2 Å². The van der Waals surface area contributed by atoms with Gasteiger partial charge in [-0.25, -0.2) is 0 Å². The summed E-state index contributed by atoms with van der Waals surface area (Å²) in [6, 6.07) is 7.74. The molecule has 2 rings (SSSR count). The standard InChI is InChI=1S/C14H20N4O2/c1-11(2)15-9-12(19)10-20-14-6-5-13(16-17-14)18-7-3-4-8-18/h3-8,11-12,15,19H,9-10H2,1-2H3. The van der Waals surface area contributed by atoms with Gasteiger partial charge < -0.3 is 19.7 Å². The van der Waals surface area contributed by atoms with Crippen LogP contribution in [0, 0.1) is 0 Å². The van der Waals surface area contributed by atoms with E-state index in [2.05, 4.69) is 15.5 Å². The molecule has 2 aromatic heterocycles. The van der Waals surface area contributed by atoms with Crippen LogP contribution in [0.15, 0.2) is 36.7 Å². The maximum atomic E-state index is 9.72. The zero-order valence-electron chi connectivity index (χ0n) is 11.7. The minimum Gasteiger partial charge on any atom is -0.474 e. The Balaban J connectivity index is 1.82. The third-order valence-electron chi connectivity index (χ3n) is 2.68. The molecule has 0 aliphatic rings. The maximum Gasteiger partial charge on any atom is 0.233 e. The second-order valence-corrected chi connectivity index (χ2v) is 4.85. The molecule has 6 heteroatoms. The number of aromatic nitrogens is 3. The first-order chi connectivity index (χ1) is 9.65. The summed E-state index contributed by atoms with van der Waals surface area (Å²) in [5.74, 6) is 1.13. The average Bonchev–Trinajstić information content (AvgIpc) is 2.97. The quantitative estimate of drug-likeness (QED) is 0.789. The van der Waals surface area contributed by atoms with E-state index in [9.17, 15) is 5.11 Å². The lowest BCUT2D eigenvalue weighted by molar-refractivity contribution is 0.101. The van der Waals surface area contributed by atoms with Crippen LogP contribution in [0.4, 0.5) is 0 Å². The van der Waals surface area contributed by atoms with E-state index in [0.29, 0.717) is 18.5 Å². The van der Waals surface area contributed by atoms with Crippen molar-refractivity contribution in [1.82, 2.24) is 20.1 Å². The second kappa shape index (κ2) is 7.02. The van der Waals surface area contributed by atoms with E-state index in [1.54, 1.807) is 6.07 Å². The number of aliphatic hydroxyl groups excluding tert-OH is 1. The number of ether oxygens (including phenoxy) is 1. The monoisotopic (exact) mass is 276 g/mol. The fourth-order valence-electron chi connectivity index (χ4n) is 1.63. The Bertz CT molecular complexity index is 496. The molecule has 2 aromatic rings. The Morgan fingerprint density at radius 2 is 2.00 bits per heavy atom.